The molecule has 0 atom stereocenters. The molecule has 0 aliphatic carbocycles. The summed E-state index contributed by atoms with van der Waals surface area (Å²) in [5.74, 6) is -0.376. The summed E-state index contributed by atoms with van der Waals surface area (Å²) < 4.78 is 13.0. The van der Waals surface area contributed by atoms with Gasteiger partial charge in [-0.25, -0.2) is 4.39 Å². The number of piperidine rings is 1. The SMILES string of the molecule is O=C(CN1CCCN(C(=O)C2CCN(C(=O)c3ccccc3)CC2)CC1)Nc1ccc(F)cc1. The Morgan fingerprint density at radius 3 is 2.24 bits per heavy atom. The maximum atomic E-state index is 13.1. The number of benzene rings is 2. The van der Waals surface area contributed by atoms with Crippen molar-refractivity contribution in [2.75, 3.05) is 51.1 Å². The predicted octanol–water partition coefficient (Wildman–Crippen LogP) is 2.85. The largest absolute Gasteiger partial charge is 0.341 e. The highest BCUT2D eigenvalue weighted by Gasteiger charge is 2.31. The van der Waals surface area contributed by atoms with Crippen LogP contribution >= 0.6 is 0 Å². The van der Waals surface area contributed by atoms with Crippen molar-refractivity contribution in [2.24, 2.45) is 5.92 Å². The van der Waals surface area contributed by atoms with Crippen LogP contribution in [0.5, 0.6) is 0 Å². The first kappa shape index (κ1) is 23.9. The van der Waals surface area contributed by atoms with Gasteiger partial charge in [0.15, 0.2) is 0 Å². The first-order valence-electron chi connectivity index (χ1n) is 11.9. The Morgan fingerprint density at radius 2 is 1.53 bits per heavy atom. The maximum Gasteiger partial charge on any atom is 0.253 e. The zero-order chi connectivity index (χ0) is 23.9. The molecule has 2 aromatic rings. The second-order valence-electron chi connectivity index (χ2n) is 8.94. The molecule has 0 saturated carbocycles. The minimum Gasteiger partial charge on any atom is -0.341 e. The number of hydrogen-bond acceptors (Lipinski definition) is 4. The van der Waals surface area contributed by atoms with Crippen molar-refractivity contribution in [3.8, 4) is 0 Å². The normalized spacial score (nSPS) is 17.8. The first-order valence-corrected chi connectivity index (χ1v) is 11.9. The van der Waals surface area contributed by atoms with Crippen LogP contribution in [0.4, 0.5) is 10.1 Å². The van der Waals surface area contributed by atoms with E-state index in [0.717, 1.165) is 13.0 Å². The number of nitrogens with zero attached hydrogens (tertiary/aromatic N) is 3. The molecule has 2 aromatic carbocycles. The Bertz CT molecular complexity index is 991. The van der Waals surface area contributed by atoms with E-state index >= 15 is 0 Å². The molecular weight excluding hydrogens is 435 g/mol. The summed E-state index contributed by atoms with van der Waals surface area (Å²) in [5.41, 5.74) is 1.25. The van der Waals surface area contributed by atoms with E-state index in [2.05, 4.69) is 5.32 Å². The number of amides is 3. The maximum absolute atomic E-state index is 13.1. The summed E-state index contributed by atoms with van der Waals surface area (Å²) in [6.45, 7) is 4.06. The molecule has 0 bridgehead atoms. The monoisotopic (exact) mass is 466 g/mol. The van der Waals surface area contributed by atoms with Crippen LogP contribution in [0, 0.1) is 11.7 Å². The van der Waals surface area contributed by atoms with Gasteiger partial charge in [0.2, 0.25) is 11.8 Å². The molecule has 34 heavy (non-hydrogen) atoms. The van der Waals surface area contributed by atoms with Gasteiger partial charge in [-0.3, -0.25) is 19.3 Å². The molecule has 2 aliphatic heterocycles. The highest BCUT2D eigenvalue weighted by atomic mass is 19.1. The highest BCUT2D eigenvalue weighted by Crippen LogP contribution is 2.22. The van der Waals surface area contributed by atoms with E-state index in [0.29, 0.717) is 56.8 Å². The van der Waals surface area contributed by atoms with Crippen molar-refractivity contribution < 1.29 is 18.8 Å². The van der Waals surface area contributed by atoms with Crippen molar-refractivity contribution in [1.29, 1.82) is 0 Å². The van der Waals surface area contributed by atoms with Gasteiger partial charge in [0.1, 0.15) is 5.82 Å². The smallest absolute Gasteiger partial charge is 0.253 e. The van der Waals surface area contributed by atoms with E-state index in [1.165, 1.54) is 24.3 Å². The van der Waals surface area contributed by atoms with Crippen molar-refractivity contribution >= 4 is 23.4 Å². The zero-order valence-corrected chi connectivity index (χ0v) is 19.3. The lowest BCUT2D eigenvalue weighted by Crippen LogP contribution is -2.45. The van der Waals surface area contributed by atoms with E-state index in [1.807, 2.05) is 45.0 Å². The Morgan fingerprint density at radius 1 is 0.824 bits per heavy atom. The molecule has 0 aromatic heterocycles. The van der Waals surface area contributed by atoms with E-state index in [9.17, 15) is 18.8 Å². The topological polar surface area (TPSA) is 73.0 Å². The van der Waals surface area contributed by atoms with E-state index in [4.69, 9.17) is 0 Å². The molecule has 2 saturated heterocycles. The van der Waals surface area contributed by atoms with Crippen molar-refractivity contribution in [2.45, 2.75) is 19.3 Å². The lowest BCUT2D eigenvalue weighted by molar-refractivity contribution is -0.136. The Balaban J connectivity index is 1.22. The number of carbonyl (C=O) groups excluding carboxylic acids is 3. The molecular formula is C26H31FN4O3. The van der Waals surface area contributed by atoms with Gasteiger partial charge in [-0.1, -0.05) is 18.2 Å². The summed E-state index contributed by atoms with van der Waals surface area (Å²) in [5, 5.41) is 2.79. The Hall–Kier alpha value is -3.26. The molecule has 2 heterocycles. The van der Waals surface area contributed by atoms with Crippen LogP contribution in [0.15, 0.2) is 54.6 Å². The van der Waals surface area contributed by atoms with Crippen LogP contribution in [0.1, 0.15) is 29.6 Å². The van der Waals surface area contributed by atoms with Crippen LogP contribution in [0.25, 0.3) is 0 Å². The number of halogens is 1. The van der Waals surface area contributed by atoms with Crippen molar-refractivity contribution in [1.82, 2.24) is 14.7 Å². The van der Waals surface area contributed by atoms with Crippen LogP contribution in [-0.2, 0) is 9.59 Å². The average molecular weight is 467 g/mol. The predicted molar refractivity (Wildman–Crippen MR) is 128 cm³/mol. The van der Waals surface area contributed by atoms with Crippen LogP contribution < -0.4 is 5.32 Å². The van der Waals surface area contributed by atoms with E-state index in [1.54, 1.807) is 0 Å². The number of rotatable bonds is 5. The number of likely N-dealkylation sites (tertiary alicyclic amines) is 1. The van der Waals surface area contributed by atoms with Gasteiger partial charge in [-0.2, -0.15) is 0 Å². The van der Waals surface area contributed by atoms with Crippen LogP contribution in [0.2, 0.25) is 0 Å². The fourth-order valence-electron chi connectivity index (χ4n) is 4.64. The minimum absolute atomic E-state index is 0.0239. The molecule has 0 radical (unpaired) electrons. The standard InChI is InChI=1S/C26H31FN4O3/c27-22-7-9-23(10-8-22)28-24(32)19-29-13-4-14-30(18-17-29)26(34)21-11-15-31(16-12-21)25(33)20-5-2-1-3-6-20/h1-3,5-10,21H,4,11-19H2,(H,28,32). The van der Waals surface area contributed by atoms with Gasteiger partial charge in [-0.05, 0) is 55.7 Å². The lowest BCUT2D eigenvalue weighted by atomic mass is 9.94. The Labute approximate surface area is 199 Å². The molecule has 8 heteroatoms. The molecule has 180 valence electrons. The summed E-state index contributed by atoms with van der Waals surface area (Å²) in [6, 6.07) is 15.0. The minimum atomic E-state index is -0.344. The van der Waals surface area contributed by atoms with Crippen molar-refractivity contribution in [3.05, 3.63) is 66.0 Å². The molecule has 4 rings (SSSR count). The number of anilines is 1. The van der Waals surface area contributed by atoms with Gasteiger partial charge in [-0.15, -0.1) is 0 Å². The lowest BCUT2D eigenvalue weighted by Gasteiger charge is -2.34. The Kier molecular flexibility index (Phi) is 7.90. The number of nitrogens with one attached hydrogen (secondary N) is 1. The quantitative estimate of drug-likeness (QED) is 0.736. The fraction of sp³-hybridized carbons (Fsp3) is 0.423. The van der Waals surface area contributed by atoms with Gasteiger partial charge < -0.3 is 15.1 Å². The molecule has 0 spiro atoms. The van der Waals surface area contributed by atoms with E-state index in [-0.39, 0.29) is 36.0 Å². The third kappa shape index (κ3) is 6.20. The van der Waals surface area contributed by atoms with Gasteiger partial charge >= 0.3 is 0 Å². The summed E-state index contributed by atoms with van der Waals surface area (Å²) >= 11 is 0. The van der Waals surface area contributed by atoms with Gasteiger partial charge in [0.05, 0.1) is 6.54 Å². The molecule has 7 nitrogen and oxygen atoms in total. The second kappa shape index (κ2) is 11.2. The summed E-state index contributed by atoms with van der Waals surface area (Å²) in [6.07, 6.45) is 2.16. The van der Waals surface area contributed by atoms with Crippen LogP contribution in [0.3, 0.4) is 0 Å². The highest BCUT2D eigenvalue weighted by molar-refractivity contribution is 5.94. The first-order chi connectivity index (χ1) is 16.5. The molecule has 2 aliphatic rings. The number of carbonyl (C=O) groups is 3. The molecule has 2 fully saturated rings. The number of hydrogen-bond donors (Lipinski definition) is 1. The van der Waals surface area contributed by atoms with Gasteiger partial charge in [0.25, 0.3) is 5.91 Å². The second-order valence-corrected chi connectivity index (χ2v) is 8.94. The third-order valence-electron chi connectivity index (χ3n) is 6.55. The third-order valence-corrected chi connectivity index (χ3v) is 6.55. The van der Waals surface area contributed by atoms with Crippen molar-refractivity contribution in [3.63, 3.8) is 0 Å². The molecule has 0 unspecified atom stereocenters. The average Bonchev–Trinajstić information content (AvgIpc) is 3.10. The summed E-state index contributed by atoms with van der Waals surface area (Å²) in [7, 11) is 0. The molecule has 3 amide bonds. The van der Waals surface area contributed by atoms with Gasteiger partial charge in [0, 0.05) is 56.4 Å². The summed E-state index contributed by atoms with van der Waals surface area (Å²) in [4.78, 5) is 44.0. The molecule has 1 N–H and O–H groups in total. The van der Waals surface area contributed by atoms with Crippen LogP contribution in [-0.4, -0.2) is 78.2 Å². The van der Waals surface area contributed by atoms with E-state index < -0.39 is 0 Å². The fourth-order valence-corrected chi connectivity index (χ4v) is 4.64. The zero-order valence-electron chi connectivity index (χ0n) is 19.3.